The van der Waals surface area contributed by atoms with Crippen molar-refractivity contribution in [2.75, 3.05) is 6.61 Å². The molecule has 5 rings (SSSR count). The fraction of sp³-hybridized carbons (Fsp3) is 0.882. The average Bonchev–Trinajstić information content (AvgIpc) is 3.20. The fourth-order valence-electron chi connectivity index (χ4n) is 12.2. The lowest BCUT2D eigenvalue weighted by Gasteiger charge is -2.73. The van der Waals surface area contributed by atoms with Gasteiger partial charge >= 0.3 is 11.9 Å². The molecule has 2 unspecified atom stereocenters. The van der Waals surface area contributed by atoms with Gasteiger partial charge < -0.3 is 9.47 Å². The molecule has 0 aromatic rings. The molecule has 0 heterocycles. The topological polar surface area (TPSA) is 52.6 Å². The molecule has 0 amide bonds. The van der Waals surface area contributed by atoms with Crippen molar-refractivity contribution < 1.29 is 19.1 Å². The van der Waals surface area contributed by atoms with E-state index in [2.05, 4.69) is 48.1 Å². The van der Waals surface area contributed by atoms with Crippen LogP contribution in [0.15, 0.2) is 12.2 Å². The molecule has 214 valence electrons. The summed E-state index contributed by atoms with van der Waals surface area (Å²) in [5.41, 5.74) is 2.30. The predicted octanol–water partition coefficient (Wildman–Crippen LogP) is 8.14. The van der Waals surface area contributed by atoms with Gasteiger partial charge in [0, 0.05) is 24.7 Å². The number of esters is 2. The van der Waals surface area contributed by atoms with Crippen molar-refractivity contribution >= 4 is 11.9 Å². The Balaban J connectivity index is 1.49. The number of fused-ring (bicyclic) bond motifs is 7. The Morgan fingerprint density at radius 2 is 1.47 bits per heavy atom. The predicted molar refractivity (Wildman–Crippen MR) is 151 cm³/mol. The van der Waals surface area contributed by atoms with Crippen LogP contribution in [0, 0.1) is 56.7 Å². The number of allylic oxidation sites excluding steroid dienone is 1. The molecule has 5 fully saturated rings. The van der Waals surface area contributed by atoms with Gasteiger partial charge in [-0.2, -0.15) is 0 Å². The van der Waals surface area contributed by atoms with Gasteiger partial charge in [-0.1, -0.05) is 46.8 Å². The van der Waals surface area contributed by atoms with Gasteiger partial charge in [0.25, 0.3) is 0 Å². The number of carbonyl (C=O) groups excluding carboxylic acids is 2. The van der Waals surface area contributed by atoms with Crippen LogP contribution in [0.1, 0.15) is 120 Å². The van der Waals surface area contributed by atoms with Crippen LogP contribution in [0.4, 0.5) is 0 Å². The van der Waals surface area contributed by atoms with Crippen LogP contribution in [0.2, 0.25) is 0 Å². The zero-order chi connectivity index (χ0) is 27.9. The van der Waals surface area contributed by atoms with Crippen LogP contribution in [0.25, 0.3) is 0 Å². The Labute approximate surface area is 232 Å². The van der Waals surface area contributed by atoms with Crippen LogP contribution < -0.4 is 0 Å². The van der Waals surface area contributed by atoms with Gasteiger partial charge in [-0.15, -0.1) is 0 Å². The molecule has 10 atom stereocenters. The van der Waals surface area contributed by atoms with Crippen molar-refractivity contribution in [3.63, 3.8) is 0 Å². The quantitative estimate of drug-likeness (QED) is 0.274. The molecule has 5 aliphatic carbocycles. The highest BCUT2D eigenvalue weighted by atomic mass is 16.5. The van der Waals surface area contributed by atoms with Crippen molar-refractivity contribution in [3.8, 4) is 0 Å². The minimum atomic E-state index is -0.140. The van der Waals surface area contributed by atoms with E-state index in [4.69, 9.17) is 9.47 Å². The molecular weight excluding hydrogens is 472 g/mol. The summed E-state index contributed by atoms with van der Waals surface area (Å²) in [6, 6.07) is 0. The molecule has 5 aliphatic rings. The summed E-state index contributed by atoms with van der Waals surface area (Å²) in [7, 11) is 0. The van der Waals surface area contributed by atoms with Crippen molar-refractivity contribution in [1.29, 1.82) is 0 Å². The van der Waals surface area contributed by atoms with E-state index in [1.807, 2.05) is 0 Å². The summed E-state index contributed by atoms with van der Waals surface area (Å²) in [5, 5.41) is 0. The van der Waals surface area contributed by atoms with Gasteiger partial charge in [-0.3, -0.25) is 9.59 Å². The summed E-state index contributed by atoms with van der Waals surface area (Å²) in [4.78, 5) is 23.8. The Bertz CT molecular complexity index is 998. The lowest BCUT2D eigenvalue weighted by molar-refractivity contribution is -0.252. The Morgan fingerprint density at radius 1 is 0.763 bits per heavy atom. The number of hydrogen-bond donors (Lipinski definition) is 0. The SMILES string of the molecule is C=C(C)[C@@H]1CC[C@]2(COC(C)=O)CC[C@]3(C)[C@H](CC[C@@H]4[C@@]5(C)CC[C@H](OC(C)=O)C(C)(C)C5CC[C@]43C)C12. The van der Waals surface area contributed by atoms with Gasteiger partial charge in [0.05, 0.1) is 6.61 Å². The van der Waals surface area contributed by atoms with Crippen molar-refractivity contribution in [2.45, 2.75) is 126 Å². The molecule has 0 radical (unpaired) electrons. The maximum absolute atomic E-state index is 11.9. The van der Waals surface area contributed by atoms with E-state index >= 15 is 0 Å². The number of rotatable bonds is 4. The monoisotopic (exact) mass is 526 g/mol. The maximum atomic E-state index is 11.9. The van der Waals surface area contributed by atoms with Crippen LogP contribution in [0.3, 0.4) is 0 Å². The Hall–Kier alpha value is -1.32. The zero-order valence-corrected chi connectivity index (χ0v) is 25.6. The third-order valence-corrected chi connectivity index (χ3v) is 14.0. The summed E-state index contributed by atoms with van der Waals surface area (Å²) < 4.78 is 11.7. The third kappa shape index (κ3) is 3.80. The first-order valence-corrected chi connectivity index (χ1v) is 15.6. The van der Waals surface area contributed by atoms with Crippen LogP contribution in [0.5, 0.6) is 0 Å². The zero-order valence-electron chi connectivity index (χ0n) is 25.6. The summed E-state index contributed by atoms with van der Waals surface area (Å²) in [5.74, 6) is 2.76. The second kappa shape index (κ2) is 9.10. The highest BCUT2D eigenvalue weighted by molar-refractivity contribution is 5.66. The summed E-state index contributed by atoms with van der Waals surface area (Å²) in [6.07, 6.45) is 12.0. The van der Waals surface area contributed by atoms with Gasteiger partial charge in [0.15, 0.2) is 0 Å². The van der Waals surface area contributed by atoms with Gasteiger partial charge in [0.1, 0.15) is 6.10 Å². The van der Waals surface area contributed by atoms with E-state index in [0.717, 1.165) is 12.8 Å². The molecule has 5 saturated carbocycles. The van der Waals surface area contributed by atoms with Gasteiger partial charge in [0.2, 0.25) is 0 Å². The van der Waals surface area contributed by atoms with E-state index in [1.165, 1.54) is 56.9 Å². The second-order valence-corrected chi connectivity index (χ2v) is 15.8. The number of carbonyl (C=O) groups is 2. The van der Waals surface area contributed by atoms with E-state index in [-0.39, 0.29) is 39.7 Å². The van der Waals surface area contributed by atoms with Crippen molar-refractivity contribution in [1.82, 2.24) is 0 Å². The molecule has 0 saturated heterocycles. The Kier molecular flexibility index (Phi) is 6.76. The molecule has 0 aromatic carbocycles. The van der Waals surface area contributed by atoms with Crippen LogP contribution in [-0.4, -0.2) is 24.6 Å². The molecular formula is C34H54O4. The molecule has 0 bridgehead atoms. The third-order valence-electron chi connectivity index (χ3n) is 14.0. The summed E-state index contributed by atoms with van der Waals surface area (Å²) >= 11 is 0. The molecule has 0 aliphatic heterocycles. The molecule has 0 spiro atoms. The highest BCUT2D eigenvalue weighted by Gasteiger charge is 2.71. The van der Waals surface area contributed by atoms with E-state index in [1.54, 1.807) is 13.8 Å². The standard InChI is InChI=1S/C34H54O4/c1-21(2)24-12-17-34(20-37-22(3)35)19-18-32(8)25(29(24)34)10-11-27-31(7)15-14-28(38-23(4)36)30(5,6)26(31)13-16-33(27,32)9/h24-29H,1,10-20H2,2-9H3/t24-,25+,26?,27+,28-,29?,31-,32+,33+,34+/m0/s1. The van der Waals surface area contributed by atoms with Crippen molar-refractivity contribution in [2.24, 2.45) is 56.7 Å². The molecule has 38 heavy (non-hydrogen) atoms. The lowest BCUT2D eigenvalue weighted by Crippen LogP contribution is -2.67. The number of hydrogen-bond acceptors (Lipinski definition) is 4. The first-order chi connectivity index (χ1) is 17.6. The smallest absolute Gasteiger partial charge is 0.302 e. The molecule has 0 aromatic heterocycles. The van der Waals surface area contributed by atoms with Gasteiger partial charge in [-0.25, -0.2) is 0 Å². The first kappa shape index (κ1) is 28.2. The molecule has 0 N–H and O–H groups in total. The largest absolute Gasteiger partial charge is 0.465 e. The minimum Gasteiger partial charge on any atom is -0.465 e. The average molecular weight is 527 g/mol. The fourth-order valence-corrected chi connectivity index (χ4v) is 12.2. The van der Waals surface area contributed by atoms with E-state index in [9.17, 15) is 9.59 Å². The summed E-state index contributed by atoms with van der Waals surface area (Å²) in [6.45, 7) is 23.1. The Morgan fingerprint density at radius 3 is 2.11 bits per heavy atom. The number of ether oxygens (including phenoxy) is 2. The van der Waals surface area contributed by atoms with Gasteiger partial charge in [-0.05, 0) is 117 Å². The molecule has 4 heteroatoms. The van der Waals surface area contributed by atoms with Crippen LogP contribution >= 0.6 is 0 Å². The normalized spacial score (nSPS) is 49.1. The minimum absolute atomic E-state index is 0.00000109. The first-order valence-electron chi connectivity index (χ1n) is 15.6. The van der Waals surface area contributed by atoms with E-state index < -0.39 is 0 Å². The van der Waals surface area contributed by atoms with Crippen molar-refractivity contribution in [3.05, 3.63) is 12.2 Å². The molecule has 4 nitrogen and oxygen atoms in total. The van der Waals surface area contributed by atoms with Crippen LogP contribution in [-0.2, 0) is 19.1 Å². The second-order valence-electron chi connectivity index (χ2n) is 15.8. The maximum Gasteiger partial charge on any atom is 0.302 e. The highest BCUT2D eigenvalue weighted by Crippen LogP contribution is 2.77. The lowest BCUT2D eigenvalue weighted by atomic mass is 9.32. The van der Waals surface area contributed by atoms with E-state index in [0.29, 0.717) is 41.6 Å².